The Morgan fingerprint density at radius 1 is 0.947 bits per heavy atom. The number of hydrogen-bond acceptors (Lipinski definition) is 2. The van der Waals surface area contributed by atoms with Crippen LogP contribution in [0.1, 0.15) is 22.4 Å². The Bertz CT molecular complexity index is 746. The van der Waals surface area contributed by atoms with Crippen LogP contribution in [0.5, 0.6) is 0 Å². The maximum atomic E-state index is 4.48. The van der Waals surface area contributed by atoms with Crippen molar-refractivity contribution in [2.75, 3.05) is 0 Å². The smallest absolute Gasteiger partial charge is 0.155 e. The zero-order valence-electron chi connectivity index (χ0n) is 11.7. The first-order valence-electron chi connectivity index (χ1n) is 6.45. The summed E-state index contributed by atoms with van der Waals surface area (Å²) in [5.41, 5.74) is 8.18. The van der Waals surface area contributed by atoms with E-state index < -0.39 is 0 Å². The molecule has 0 saturated heterocycles. The average molecular weight is 251 g/mol. The summed E-state index contributed by atoms with van der Waals surface area (Å²) < 4.78 is 2.12. The summed E-state index contributed by atoms with van der Waals surface area (Å²) in [7, 11) is 0. The molecule has 0 N–H and O–H groups in total. The van der Waals surface area contributed by atoms with E-state index in [1.54, 1.807) is 0 Å². The number of imidazole rings is 1. The number of benzene rings is 1. The van der Waals surface area contributed by atoms with Gasteiger partial charge in [0.15, 0.2) is 5.65 Å². The number of hydrogen-bond donors (Lipinski definition) is 0. The van der Waals surface area contributed by atoms with Crippen LogP contribution in [0.15, 0.2) is 30.7 Å². The second-order valence-corrected chi connectivity index (χ2v) is 5.12. The van der Waals surface area contributed by atoms with Crippen LogP contribution in [0.25, 0.3) is 16.9 Å². The second kappa shape index (κ2) is 4.19. The lowest BCUT2D eigenvalue weighted by Crippen LogP contribution is -2.01. The first-order valence-corrected chi connectivity index (χ1v) is 6.45. The Kier molecular flexibility index (Phi) is 2.63. The maximum absolute atomic E-state index is 4.48. The number of nitrogens with zero attached hydrogens (tertiary/aromatic N) is 3. The topological polar surface area (TPSA) is 30.2 Å². The minimum Gasteiger partial charge on any atom is -0.297 e. The second-order valence-electron chi connectivity index (χ2n) is 5.12. The third-order valence-corrected chi connectivity index (χ3v) is 3.54. The minimum atomic E-state index is 0.889. The largest absolute Gasteiger partial charge is 0.297 e. The van der Waals surface area contributed by atoms with Crippen molar-refractivity contribution < 1.29 is 0 Å². The van der Waals surface area contributed by atoms with Crippen LogP contribution in [0.3, 0.4) is 0 Å². The Hall–Kier alpha value is -2.16. The maximum Gasteiger partial charge on any atom is 0.155 e. The molecule has 0 saturated carbocycles. The zero-order valence-corrected chi connectivity index (χ0v) is 11.7. The van der Waals surface area contributed by atoms with Crippen molar-refractivity contribution in [2.45, 2.75) is 27.7 Å². The molecule has 3 heteroatoms. The number of aromatic nitrogens is 3. The van der Waals surface area contributed by atoms with Crippen molar-refractivity contribution >= 4 is 5.65 Å². The van der Waals surface area contributed by atoms with Crippen LogP contribution < -0.4 is 0 Å². The van der Waals surface area contributed by atoms with Crippen molar-refractivity contribution in [1.29, 1.82) is 0 Å². The molecule has 0 fully saturated rings. The van der Waals surface area contributed by atoms with Gasteiger partial charge in [0.05, 0.1) is 17.6 Å². The van der Waals surface area contributed by atoms with E-state index in [1.165, 1.54) is 22.3 Å². The summed E-state index contributed by atoms with van der Waals surface area (Å²) >= 11 is 0. The van der Waals surface area contributed by atoms with E-state index in [9.17, 15) is 0 Å². The lowest BCUT2D eigenvalue weighted by atomic mass is 9.96. The molecule has 0 atom stereocenters. The Morgan fingerprint density at radius 2 is 1.63 bits per heavy atom. The highest BCUT2D eigenvalue weighted by atomic mass is 15.0. The van der Waals surface area contributed by atoms with E-state index in [1.807, 2.05) is 25.5 Å². The van der Waals surface area contributed by atoms with Crippen LogP contribution in [-0.4, -0.2) is 14.4 Å². The highest BCUT2D eigenvalue weighted by molar-refractivity contribution is 5.72. The number of rotatable bonds is 1. The van der Waals surface area contributed by atoms with E-state index in [2.05, 4.69) is 47.3 Å². The van der Waals surface area contributed by atoms with Gasteiger partial charge in [-0.05, 0) is 38.8 Å². The van der Waals surface area contributed by atoms with Crippen LogP contribution in [-0.2, 0) is 0 Å². The third kappa shape index (κ3) is 1.82. The molecule has 3 aromatic rings. The van der Waals surface area contributed by atoms with Crippen LogP contribution in [0.2, 0.25) is 0 Å². The fourth-order valence-corrected chi connectivity index (χ4v) is 2.84. The molecule has 0 aliphatic heterocycles. The standard InChI is InChI=1S/C16H17N3/c1-10-7-11(2)15(12(3)8-10)16-13(4)18-9-14-17-5-6-19(14)16/h5-9H,1-4H3. The molecular formula is C16H17N3. The summed E-state index contributed by atoms with van der Waals surface area (Å²) in [5, 5.41) is 0. The summed E-state index contributed by atoms with van der Waals surface area (Å²) in [6.45, 7) is 8.50. The van der Waals surface area contributed by atoms with Gasteiger partial charge in [-0.15, -0.1) is 0 Å². The van der Waals surface area contributed by atoms with Gasteiger partial charge in [0.1, 0.15) is 0 Å². The quantitative estimate of drug-likeness (QED) is 0.661. The molecule has 3 nitrogen and oxygen atoms in total. The van der Waals surface area contributed by atoms with Gasteiger partial charge in [-0.3, -0.25) is 9.38 Å². The summed E-state index contributed by atoms with van der Waals surface area (Å²) in [6, 6.07) is 4.44. The molecule has 2 heterocycles. The molecule has 2 aromatic heterocycles. The van der Waals surface area contributed by atoms with Crippen LogP contribution in [0, 0.1) is 27.7 Å². The molecule has 19 heavy (non-hydrogen) atoms. The number of fused-ring (bicyclic) bond motifs is 1. The van der Waals surface area contributed by atoms with Gasteiger partial charge < -0.3 is 0 Å². The highest BCUT2D eigenvalue weighted by Crippen LogP contribution is 2.30. The molecule has 0 aliphatic carbocycles. The first-order chi connectivity index (χ1) is 9.08. The molecule has 0 bridgehead atoms. The van der Waals surface area contributed by atoms with Gasteiger partial charge >= 0.3 is 0 Å². The summed E-state index contributed by atoms with van der Waals surface area (Å²) in [4.78, 5) is 8.80. The zero-order chi connectivity index (χ0) is 13.6. The van der Waals surface area contributed by atoms with E-state index in [0.717, 1.165) is 17.0 Å². The monoisotopic (exact) mass is 251 g/mol. The van der Waals surface area contributed by atoms with Crippen LogP contribution in [0.4, 0.5) is 0 Å². The van der Waals surface area contributed by atoms with Gasteiger partial charge in [-0.2, -0.15) is 0 Å². The van der Waals surface area contributed by atoms with Gasteiger partial charge in [0, 0.05) is 18.0 Å². The molecule has 96 valence electrons. The Morgan fingerprint density at radius 3 is 2.32 bits per heavy atom. The predicted octanol–water partition coefficient (Wildman–Crippen LogP) is 3.63. The molecule has 0 spiro atoms. The fourth-order valence-electron chi connectivity index (χ4n) is 2.84. The molecule has 0 aliphatic rings. The van der Waals surface area contributed by atoms with Crippen LogP contribution >= 0.6 is 0 Å². The van der Waals surface area contributed by atoms with Gasteiger partial charge in [-0.25, -0.2) is 4.98 Å². The van der Waals surface area contributed by atoms with Crippen molar-refractivity contribution in [3.05, 3.63) is 53.1 Å². The van der Waals surface area contributed by atoms with Crippen molar-refractivity contribution in [3.63, 3.8) is 0 Å². The van der Waals surface area contributed by atoms with E-state index in [0.29, 0.717) is 0 Å². The van der Waals surface area contributed by atoms with E-state index >= 15 is 0 Å². The normalized spacial score (nSPS) is 11.2. The van der Waals surface area contributed by atoms with E-state index in [4.69, 9.17) is 0 Å². The van der Waals surface area contributed by atoms with Gasteiger partial charge in [0.25, 0.3) is 0 Å². The molecule has 3 rings (SSSR count). The van der Waals surface area contributed by atoms with Crippen molar-refractivity contribution in [3.8, 4) is 11.3 Å². The SMILES string of the molecule is Cc1cc(C)c(-c2c(C)ncc3nccn23)c(C)c1. The van der Waals surface area contributed by atoms with Gasteiger partial charge in [0.2, 0.25) is 0 Å². The molecular weight excluding hydrogens is 234 g/mol. The molecule has 1 aromatic carbocycles. The third-order valence-electron chi connectivity index (χ3n) is 3.54. The number of aryl methyl sites for hydroxylation is 4. The molecule has 0 radical (unpaired) electrons. The lowest BCUT2D eigenvalue weighted by Gasteiger charge is -2.15. The summed E-state index contributed by atoms with van der Waals surface area (Å²) in [5.74, 6) is 0. The van der Waals surface area contributed by atoms with Crippen molar-refractivity contribution in [1.82, 2.24) is 14.4 Å². The predicted molar refractivity (Wildman–Crippen MR) is 77.4 cm³/mol. The fraction of sp³-hybridized carbons (Fsp3) is 0.250. The van der Waals surface area contributed by atoms with Crippen molar-refractivity contribution in [2.24, 2.45) is 0 Å². The van der Waals surface area contributed by atoms with Gasteiger partial charge in [-0.1, -0.05) is 17.7 Å². The Balaban J connectivity index is 2.42. The average Bonchev–Trinajstić information content (AvgIpc) is 2.79. The Labute approximate surface area is 113 Å². The highest BCUT2D eigenvalue weighted by Gasteiger charge is 2.13. The minimum absolute atomic E-state index is 0.889. The first kappa shape index (κ1) is 11.9. The molecule has 0 amide bonds. The lowest BCUT2D eigenvalue weighted by molar-refractivity contribution is 1.07. The summed E-state index contributed by atoms with van der Waals surface area (Å²) in [6.07, 6.45) is 5.63. The van der Waals surface area contributed by atoms with E-state index in [-0.39, 0.29) is 0 Å². The molecule has 0 unspecified atom stereocenters.